The first-order valence-electron chi connectivity index (χ1n) is 8.84. The van der Waals surface area contributed by atoms with Gasteiger partial charge in [0.1, 0.15) is 11.6 Å². The summed E-state index contributed by atoms with van der Waals surface area (Å²) >= 11 is 1.60. The van der Waals surface area contributed by atoms with Crippen molar-refractivity contribution in [3.63, 3.8) is 0 Å². The zero-order chi connectivity index (χ0) is 19.5. The van der Waals surface area contributed by atoms with Gasteiger partial charge in [-0.3, -0.25) is 4.79 Å². The molecule has 0 atom stereocenters. The van der Waals surface area contributed by atoms with Crippen molar-refractivity contribution in [1.82, 2.24) is 25.2 Å². The highest BCUT2D eigenvalue weighted by Crippen LogP contribution is 2.24. The Labute approximate surface area is 165 Å². The maximum Gasteiger partial charge on any atom is 0.248 e. The van der Waals surface area contributed by atoms with E-state index in [1.807, 2.05) is 5.38 Å². The number of carbonyl (C=O) groups is 1. The third kappa shape index (κ3) is 3.81. The van der Waals surface area contributed by atoms with E-state index in [4.69, 9.17) is 5.73 Å². The van der Waals surface area contributed by atoms with Crippen molar-refractivity contribution in [2.24, 2.45) is 5.73 Å². The van der Waals surface area contributed by atoms with Crippen LogP contribution in [0.1, 0.15) is 28.5 Å². The number of aryl methyl sites for hydroxylation is 1. The van der Waals surface area contributed by atoms with Crippen molar-refractivity contribution in [3.8, 4) is 22.0 Å². The summed E-state index contributed by atoms with van der Waals surface area (Å²) in [6.07, 6.45) is 1.02. The van der Waals surface area contributed by atoms with Crippen LogP contribution in [0.3, 0.4) is 0 Å². The normalized spacial score (nSPS) is 10.9. The van der Waals surface area contributed by atoms with Gasteiger partial charge in [-0.2, -0.15) is 4.80 Å². The Kier molecular flexibility index (Phi) is 4.94. The summed E-state index contributed by atoms with van der Waals surface area (Å²) in [7, 11) is 0. The van der Waals surface area contributed by atoms with Crippen molar-refractivity contribution in [1.29, 1.82) is 0 Å². The standard InChI is InChI=1S/C20H18N6OS/c1-2-13-3-5-16(6-4-13)20-22-17(12-28-20)11-26-24-19(23-25-26)15-9-7-14(8-10-15)18(21)27/h3-10,12H,2,11H2,1H3,(H2,21,27). The average Bonchev–Trinajstić information content (AvgIpc) is 3.38. The second-order valence-corrected chi connectivity index (χ2v) is 7.14. The molecule has 0 saturated heterocycles. The van der Waals surface area contributed by atoms with Crippen LogP contribution in [0.5, 0.6) is 0 Å². The first-order valence-corrected chi connectivity index (χ1v) is 9.72. The lowest BCUT2D eigenvalue weighted by molar-refractivity contribution is 0.100. The molecular weight excluding hydrogens is 372 g/mol. The molecular formula is C20H18N6OS. The second kappa shape index (κ2) is 7.69. The predicted molar refractivity (Wildman–Crippen MR) is 108 cm³/mol. The van der Waals surface area contributed by atoms with Gasteiger partial charge >= 0.3 is 0 Å². The largest absolute Gasteiger partial charge is 0.366 e. The Morgan fingerprint density at radius 3 is 2.46 bits per heavy atom. The molecule has 140 valence electrons. The highest BCUT2D eigenvalue weighted by Gasteiger charge is 2.10. The molecule has 4 rings (SSSR count). The number of amides is 1. The maximum absolute atomic E-state index is 11.2. The predicted octanol–water partition coefficient (Wildman–Crippen LogP) is 3.17. The van der Waals surface area contributed by atoms with Crippen LogP contribution < -0.4 is 5.73 Å². The number of rotatable bonds is 6. The molecule has 2 heterocycles. The Morgan fingerprint density at radius 2 is 1.79 bits per heavy atom. The molecule has 7 nitrogen and oxygen atoms in total. The third-order valence-electron chi connectivity index (χ3n) is 4.34. The van der Waals surface area contributed by atoms with Gasteiger partial charge in [0.25, 0.3) is 0 Å². The zero-order valence-electron chi connectivity index (χ0n) is 15.2. The minimum Gasteiger partial charge on any atom is -0.366 e. The molecule has 4 aromatic rings. The van der Waals surface area contributed by atoms with Gasteiger partial charge in [-0.1, -0.05) is 43.3 Å². The van der Waals surface area contributed by atoms with Gasteiger partial charge in [0.05, 0.1) is 5.69 Å². The van der Waals surface area contributed by atoms with E-state index in [2.05, 4.69) is 51.6 Å². The number of nitrogens with two attached hydrogens (primary N) is 1. The lowest BCUT2D eigenvalue weighted by Crippen LogP contribution is -2.10. The zero-order valence-corrected chi connectivity index (χ0v) is 16.1. The Bertz CT molecular complexity index is 1100. The second-order valence-electron chi connectivity index (χ2n) is 6.28. The molecule has 2 N–H and O–H groups in total. The van der Waals surface area contributed by atoms with E-state index >= 15 is 0 Å². The van der Waals surface area contributed by atoms with Crippen LogP contribution in [0.4, 0.5) is 0 Å². The van der Waals surface area contributed by atoms with Gasteiger partial charge in [-0.25, -0.2) is 4.98 Å². The highest BCUT2D eigenvalue weighted by atomic mass is 32.1. The third-order valence-corrected chi connectivity index (χ3v) is 5.28. The number of aromatic nitrogens is 5. The maximum atomic E-state index is 11.2. The van der Waals surface area contributed by atoms with Crippen molar-refractivity contribution < 1.29 is 4.79 Å². The fourth-order valence-corrected chi connectivity index (χ4v) is 3.57. The number of hydrogen-bond donors (Lipinski definition) is 1. The van der Waals surface area contributed by atoms with Crippen LogP contribution in [0.25, 0.3) is 22.0 Å². The number of primary amides is 1. The first kappa shape index (κ1) is 18.0. The van der Waals surface area contributed by atoms with Crippen molar-refractivity contribution in [3.05, 3.63) is 70.7 Å². The number of hydrogen-bond acceptors (Lipinski definition) is 6. The molecule has 2 aromatic carbocycles. The smallest absolute Gasteiger partial charge is 0.248 e. The van der Waals surface area contributed by atoms with Crippen LogP contribution >= 0.6 is 11.3 Å². The Morgan fingerprint density at radius 1 is 1.07 bits per heavy atom. The average molecular weight is 390 g/mol. The molecule has 8 heteroatoms. The Hall–Kier alpha value is -3.39. The molecule has 0 unspecified atom stereocenters. The van der Waals surface area contributed by atoms with Gasteiger partial charge < -0.3 is 5.73 Å². The van der Waals surface area contributed by atoms with Crippen LogP contribution in [0, 0.1) is 0 Å². The lowest BCUT2D eigenvalue weighted by atomic mass is 10.1. The van der Waals surface area contributed by atoms with Crippen LogP contribution in [-0.2, 0) is 13.0 Å². The van der Waals surface area contributed by atoms with E-state index in [1.165, 1.54) is 10.4 Å². The van der Waals surface area contributed by atoms with Gasteiger partial charge in [0.15, 0.2) is 0 Å². The highest BCUT2D eigenvalue weighted by molar-refractivity contribution is 7.13. The molecule has 0 bridgehead atoms. The summed E-state index contributed by atoms with van der Waals surface area (Å²) < 4.78 is 0. The fraction of sp³-hybridized carbons (Fsp3) is 0.150. The van der Waals surface area contributed by atoms with Gasteiger partial charge in [0.2, 0.25) is 11.7 Å². The molecule has 0 aliphatic heterocycles. The van der Waals surface area contributed by atoms with E-state index in [-0.39, 0.29) is 0 Å². The molecule has 0 radical (unpaired) electrons. The summed E-state index contributed by atoms with van der Waals surface area (Å²) in [4.78, 5) is 17.4. The number of carbonyl (C=O) groups excluding carboxylic acids is 1. The van der Waals surface area contributed by atoms with Gasteiger partial charge in [-0.15, -0.1) is 21.5 Å². The van der Waals surface area contributed by atoms with E-state index in [1.54, 1.807) is 35.6 Å². The van der Waals surface area contributed by atoms with E-state index < -0.39 is 5.91 Å². The van der Waals surface area contributed by atoms with Crippen LogP contribution in [0.15, 0.2) is 53.9 Å². The topological polar surface area (TPSA) is 99.6 Å². The van der Waals surface area contributed by atoms with Crippen molar-refractivity contribution in [2.75, 3.05) is 0 Å². The molecule has 28 heavy (non-hydrogen) atoms. The number of benzene rings is 2. The summed E-state index contributed by atoms with van der Waals surface area (Å²) in [6.45, 7) is 2.58. The fourth-order valence-electron chi connectivity index (χ4n) is 2.75. The Balaban J connectivity index is 1.48. The molecule has 0 aliphatic rings. The van der Waals surface area contributed by atoms with Crippen LogP contribution in [-0.4, -0.2) is 31.1 Å². The summed E-state index contributed by atoms with van der Waals surface area (Å²) in [5.74, 6) is 0.0217. The number of nitrogens with zero attached hydrogens (tertiary/aromatic N) is 5. The lowest BCUT2D eigenvalue weighted by Gasteiger charge is -1.99. The van der Waals surface area contributed by atoms with Gasteiger partial charge in [0, 0.05) is 22.1 Å². The molecule has 0 fully saturated rings. The van der Waals surface area contributed by atoms with Crippen LogP contribution in [0.2, 0.25) is 0 Å². The molecule has 0 spiro atoms. The van der Waals surface area contributed by atoms with Crippen molar-refractivity contribution >= 4 is 17.2 Å². The molecule has 2 aromatic heterocycles. The summed E-state index contributed by atoms with van der Waals surface area (Å²) in [6, 6.07) is 15.3. The molecule has 0 aliphatic carbocycles. The number of tetrazole rings is 1. The first-order chi connectivity index (χ1) is 13.6. The summed E-state index contributed by atoms with van der Waals surface area (Å²) in [5, 5.41) is 15.6. The van der Waals surface area contributed by atoms with E-state index in [0.29, 0.717) is 17.9 Å². The van der Waals surface area contributed by atoms with E-state index in [0.717, 1.165) is 28.2 Å². The molecule has 1 amide bonds. The minimum atomic E-state index is -0.466. The van der Waals surface area contributed by atoms with E-state index in [9.17, 15) is 4.79 Å². The summed E-state index contributed by atoms with van der Waals surface area (Å²) in [5.41, 5.74) is 9.77. The van der Waals surface area contributed by atoms with Gasteiger partial charge in [-0.05, 0) is 29.3 Å². The minimum absolute atomic E-state index is 0.440. The monoisotopic (exact) mass is 390 g/mol. The molecule has 0 saturated carbocycles. The number of thiazole rings is 1. The quantitative estimate of drug-likeness (QED) is 0.545. The van der Waals surface area contributed by atoms with Crippen molar-refractivity contribution in [2.45, 2.75) is 19.9 Å². The SMILES string of the molecule is CCc1ccc(-c2nc(Cn3nnc(-c4ccc(C(N)=O)cc4)n3)cs2)cc1.